The van der Waals surface area contributed by atoms with Crippen LogP contribution in [-0.4, -0.2) is 32.9 Å². The SMILES string of the molecule is N=C1/C(=C/c2cccc(OC(=O)c3ccc(F)cc3)c2)C(=O)N=C2SC(C3CCCCC3)=NN12. The number of aliphatic imine (C=N–C) groups is 1. The molecule has 7 nitrogen and oxygen atoms in total. The van der Waals surface area contributed by atoms with Gasteiger partial charge < -0.3 is 4.74 Å². The van der Waals surface area contributed by atoms with Crippen LogP contribution in [0.4, 0.5) is 4.39 Å². The number of benzene rings is 2. The average Bonchev–Trinajstić information content (AvgIpc) is 3.27. The summed E-state index contributed by atoms with van der Waals surface area (Å²) in [5.41, 5.74) is 0.897. The molecule has 5 rings (SSSR count). The van der Waals surface area contributed by atoms with Gasteiger partial charge in [-0.15, -0.1) is 0 Å². The summed E-state index contributed by atoms with van der Waals surface area (Å²) >= 11 is 1.38. The quantitative estimate of drug-likeness (QED) is 0.370. The Labute approximate surface area is 199 Å². The minimum atomic E-state index is -0.626. The van der Waals surface area contributed by atoms with Crippen molar-refractivity contribution in [3.8, 4) is 5.75 Å². The first-order chi connectivity index (χ1) is 16.5. The van der Waals surface area contributed by atoms with Crippen LogP contribution < -0.4 is 4.74 Å². The number of amides is 1. The lowest BCUT2D eigenvalue weighted by Crippen LogP contribution is -2.35. The number of carbonyl (C=O) groups excluding carboxylic acids is 2. The van der Waals surface area contributed by atoms with Crippen molar-refractivity contribution in [2.75, 3.05) is 0 Å². The molecule has 0 aromatic heterocycles. The van der Waals surface area contributed by atoms with Crippen LogP contribution >= 0.6 is 11.8 Å². The fourth-order valence-corrected chi connectivity index (χ4v) is 5.17. The van der Waals surface area contributed by atoms with Crippen molar-refractivity contribution in [2.24, 2.45) is 16.0 Å². The molecule has 0 spiro atoms. The van der Waals surface area contributed by atoms with E-state index in [2.05, 4.69) is 10.1 Å². The van der Waals surface area contributed by atoms with Gasteiger partial charge in [-0.05, 0) is 72.6 Å². The van der Waals surface area contributed by atoms with Crippen LogP contribution in [0.3, 0.4) is 0 Å². The van der Waals surface area contributed by atoms with Crippen molar-refractivity contribution in [3.05, 3.63) is 71.0 Å². The van der Waals surface area contributed by atoms with Crippen molar-refractivity contribution in [3.63, 3.8) is 0 Å². The molecule has 0 radical (unpaired) electrons. The van der Waals surface area contributed by atoms with E-state index in [4.69, 9.17) is 10.1 Å². The van der Waals surface area contributed by atoms with E-state index in [1.54, 1.807) is 30.3 Å². The Hall–Kier alpha value is -3.59. The molecule has 3 aliphatic rings. The van der Waals surface area contributed by atoms with Gasteiger partial charge in [0.2, 0.25) is 5.17 Å². The first kappa shape index (κ1) is 22.2. The van der Waals surface area contributed by atoms with Crippen molar-refractivity contribution in [1.82, 2.24) is 5.01 Å². The molecule has 1 N–H and O–H groups in total. The predicted octanol–water partition coefficient (Wildman–Crippen LogP) is 5.24. The van der Waals surface area contributed by atoms with Crippen LogP contribution in [-0.2, 0) is 4.79 Å². The lowest BCUT2D eigenvalue weighted by Gasteiger charge is -2.20. The molecule has 1 fully saturated rings. The number of rotatable bonds is 4. The second-order valence-corrected chi connectivity index (χ2v) is 9.25. The van der Waals surface area contributed by atoms with E-state index < -0.39 is 17.7 Å². The van der Waals surface area contributed by atoms with E-state index in [1.165, 1.54) is 60.3 Å². The van der Waals surface area contributed by atoms with Gasteiger partial charge in [0.05, 0.1) is 11.1 Å². The number of hydrogen-bond acceptors (Lipinski definition) is 6. The Morgan fingerprint density at radius 1 is 1.15 bits per heavy atom. The van der Waals surface area contributed by atoms with E-state index >= 15 is 0 Å². The number of carbonyl (C=O) groups is 2. The van der Waals surface area contributed by atoms with Gasteiger partial charge in [0, 0.05) is 5.92 Å². The van der Waals surface area contributed by atoms with Crippen molar-refractivity contribution >= 4 is 45.8 Å². The number of amidine groups is 2. The second-order valence-electron chi connectivity index (χ2n) is 8.26. The number of nitrogens with zero attached hydrogens (tertiary/aromatic N) is 3. The number of ether oxygens (including phenoxy) is 1. The van der Waals surface area contributed by atoms with Gasteiger partial charge in [0.25, 0.3) is 5.91 Å². The molecule has 2 aromatic carbocycles. The lowest BCUT2D eigenvalue weighted by atomic mass is 9.90. The molecular weight excluding hydrogens is 455 g/mol. The maximum absolute atomic E-state index is 13.1. The van der Waals surface area contributed by atoms with Gasteiger partial charge >= 0.3 is 5.97 Å². The van der Waals surface area contributed by atoms with Gasteiger partial charge in [-0.25, -0.2) is 9.18 Å². The number of thioether (sulfide) groups is 1. The molecule has 172 valence electrons. The molecule has 0 atom stereocenters. The van der Waals surface area contributed by atoms with Crippen LogP contribution in [0.15, 0.2) is 64.2 Å². The Bertz CT molecular complexity index is 1260. The minimum absolute atomic E-state index is 0.0259. The molecule has 0 bridgehead atoms. The Morgan fingerprint density at radius 2 is 1.91 bits per heavy atom. The summed E-state index contributed by atoms with van der Waals surface area (Å²) in [6, 6.07) is 11.7. The Morgan fingerprint density at radius 3 is 2.68 bits per heavy atom. The van der Waals surface area contributed by atoms with Crippen LogP contribution in [0.5, 0.6) is 5.75 Å². The third-order valence-electron chi connectivity index (χ3n) is 5.88. The van der Waals surface area contributed by atoms with E-state index in [0.717, 1.165) is 17.9 Å². The zero-order valence-electron chi connectivity index (χ0n) is 18.2. The summed E-state index contributed by atoms with van der Waals surface area (Å²) in [4.78, 5) is 29.2. The Kier molecular flexibility index (Phi) is 6.10. The molecule has 2 aromatic rings. The standard InChI is InChI=1S/C25H21FN4O3S/c26-18-11-9-17(10-12-18)24(32)33-19-8-4-5-15(13-19)14-20-21(27)30-25(28-22(20)31)34-23(29-30)16-6-2-1-3-7-16/h4-5,8-14,16,27H,1-3,6-7H2/b20-14-,27-21?. The Balaban J connectivity index is 1.35. The van der Waals surface area contributed by atoms with Gasteiger partial charge in [0.15, 0.2) is 5.84 Å². The van der Waals surface area contributed by atoms with E-state index in [1.807, 2.05) is 0 Å². The molecule has 2 heterocycles. The molecule has 0 unspecified atom stereocenters. The summed E-state index contributed by atoms with van der Waals surface area (Å²) in [5, 5.41) is 16.0. The fraction of sp³-hybridized carbons (Fsp3) is 0.240. The van der Waals surface area contributed by atoms with Crippen LogP contribution in [0.2, 0.25) is 0 Å². The number of hydrazone groups is 1. The van der Waals surface area contributed by atoms with Crippen molar-refractivity contribution < 1.29 is 18.7 Å². The molecule has 0 saturated heterocycles. The third kappa shape index (κ3) is 4.56. The van der Waals surface area contributed by atoms with Crippen LogP contribution in [0.1, 0.15) is 48.0 Å². The normalized spacial score (nSPS) is 19.7. The molecule has 1 saturated carbocycles. The number of halogens is 1. The van der Waals surface area contributed by atoms with Crippen LogP contribution in [0.25, 0.3) is 6.08 Å². The van der Waals surface area contributed by atoms with Gasteiger partial charge in [-0.3, -0.25) is 10.2 Å². The minimum Gasteiger partial charge on any atom is -0.423 e. The smallest absolute Gasteiger partial charge is 0.343 e. The molecular formula is C25H21FN4O3S. The van der Waals surface area contributed by atoms with E-state index in [-0.39, 0.29) is 22.7 Å². The maximum atomic E-state index is 13.1. The predicted molar refractivity (Wildman–Crippen MR) is 129 cm³/mol. The molecule has 2 aliphatic heterocycles. The number of fused-ring (bicyclic) bond motifs is 1. The highest BCUT2D eigenvalue weighted by Crippen LogP contribution is 2.36. The summed E-state index contributed by atoms with van der Waals surface area (Å²) in [7, 11) is 0. The topological polar surface area (TPSA) is 95.2 Å². The van der Waals surface area contributed by atoms with Crippen molar-refractivity contribution in [1.29, 1.82) is 5.41 Å². The maximum Gasteiger partial charge on any atom is 0.343 e. The van der Waals surface area contributed by atoms with Crippen LogP contribution in [0, 0.1) is 17.1 Å². The fourth-order valence-electron chi connectivity index (χ4n) is 4.11. The first-order valence-electron chi connectivity index (χ1n) is 11.1. The van der Waals surface area contributed by atoms with Gasteiger partial charge in [-0.1, -0.05) is 31.4 Å². The largest absolute Gasteiger partial charge is 0.423 e. The number of hydrogen-bond donors (Lipinski definition) is 1. The number of esters is 1. The second kappa shape index (κ2) is 9.34. The van der Waals surface area contributed by atoms with Crippen molar-refractivity contribution in [2.45, 2.75) is 32.1 Å². The highest BCUT2D eigenvalue weighted by molar-refractivity contribution is 8.27. The molecule has 1 aliphatic carbocycles. The molecule has 9 heteroatoms. The third-order valence-corrected chi connectivity index (χ3v) is 6.96. The number of nitrogens with one attached hydrogen (secondary N) is 1. The zero-order chi connectivity index (χ0) is 23.7. The summed E-state index contributed by atoms with van der Waals surface area (Å²) in [5.74, 6) is -0.979. The van der Waals surface area contributed by atoms with E-state index in [9.17, 15) is 14.0 Å². The lowest BCUT2D eigenvalue weighted by molar-refractivity contribution is -0.114. The highest BCUT2D eigenvalue weighted by Gasteiger charge is 2.37. The molecule has 1 amide bonds. The van der Waals surface area contributed by atoms with E-state index in [0.29, 0.717) is 16.6 Å². The summed E-state index contributed by atoms with van der Waals surface area (Å²) in [6.07, 6.45) is 7.25. The van der Waals surface area contributed by atoms with Gasteiger partial charge in [0.1, 0.15) is 16.6 Å². The average molecular weight is 477 g/mol. The highest BCUT2D eigenvalue weighted by atomic mass is 32.2. The zero-order valence-corrected chi connectivity index (χ0v) is 19.0. The van der Waals surface area contributed by atoms with Gasteiger partial charge in [-0.2, -0.15) is 15.1 Å². The summed E-state index contributed by atoms with van der Waals surface area (Å²) < 4.78 is 18.5. The molecule has 34 heavy (non-hydrogen) atoms. The first-order valence-corrected chi connectivity index (χ1v) is 11.9. The summed E-state index contributed by atoms with van der Waals surface area (Å²) in [6.45, 7) is 0. The monoisotopic (exact) mass is 476 g/mol.